The second kappa shape index (κ2) is 8.11. The molecule has 0 amide bonds. The number of rotatable bonds is 7. The first kappa shape index (κ1) is 16.7. The molecule has 2 aromatic carbocycles. The van der Waals surface area contributed by atoms with Crippen molar-refractivity contribution in [1.82, 2.24) is 9.97 Å². The first-order chi connectivity index (χ1) is 12.3. The number of aromatic nitrogens is 2. The lowest BCUT2D eigenvalue weighted by Gasteiger charge is -2.16. The Kier molecular flexibility index (Phi) is 5.42. The predicted octanol–water partition coefficient (Wildman–Crippen LogP) is 4.82. The second-order valence-corrected chi connectivity index (χ2v) is 5.67. The van der Waals surface area contributed by atoms with Crippen molar-refractivity contribution >= 4 is 12.4 Å². The van der Waals surface area contributed by atoms with E-state index < -0.39 is 0 Å². The summed E-state index contributed by atoms with van der Waals surface area (Å²) >= 11 is 0. The normalized spacial score (nSPS) is 12.2. The number of hydrogen-bond acceptors (Lipinski definition) is 3. The number of nitrogens with zero attached hydrogens (tertiary/aromatic N) is 1. The van der Waals surface area contributed by atoms with Gasteiger partial charge in [-0.1, -0.05) is 49.4 Å². The summed E-state index contributed by atoms with van der Waals surface area (Å²) in [7, 11) is 0. The fraction of sp³-hybridized carbons (Fsp3) is 0.143. The Morgan fingerprint density at radius 1 is 1.16 bits per heavy atom. The van der Waals surface area contributed by atoms with Crippen molar-refractivity contribution in [1.29, 1.82) is 0 Å². The number of nitrogens with one attached hydrogen (secondary N) is 1. The maximum absolute atomic E-state index is 10.4. The molecule has 3 aromatic rings. The minimum atomic E-state index is -0.0476. The SMILES string of the molecule is CCC(Oc1cccc(-c2ccc(C=CC=O)cc2)c1)c1cnc[nH]1. The van der Waals surface area contributed by atoms with E-state index in [4.69, 9.17) is 4.74 Å². The third kappa shape index (κ3) is 4.23. The van der Waals surface area contributed by atoms with Crippen molar-refractivity contribution in [2.45, 2.75) is 19.4 Å². The molecule has 126 valence electrons. The molecule has 1 atom stereocenters. The highest BCUT2D eigenvalue weighted by Crippen LogP contribution is 2.28. The van der Waals surface area contributed by atoms with Gasteiger partial charge in [0.15, 0.2) is 0 Å². The lowest BCUT2D eigenvalue weighted by Crippen LogP contribution is -2.06. The van der Waals surface area contributed by atoms with Gasteiger partial charge in [-0.25, -0.2) is 4.98 Å². The molecule has 0 saturated carbocycles. The number of allylic oxidation sites excluding steroid dienone is 1. The van der Waals surface area contributed by atoms with Gasteiger partial charge in [0.25, 0.3) is 0 Å². The summed E-state index contributed by atoms with van der Waals surface area (Å²) in [6.45, 7) is 2.08. The van der Waals surface area contributed by atoms with Crippen LogP contribution in [-0.4, -0.2) is 16.3 Å². The zero-order valence-corrected chi connectivity index (χ0v) is 14.1. The van der Waals surface area contributed by atoms with E-state index in [1.54, 1.807) is 18.6 Å². The van der Waals surface area contributed by atoms with Gasteiger partial charge >= 0.3 is 0 Å². The fourth-order valence-corrected chi connectivity index (χ4v) is 2.66. The summed E-state index contributed by atoms with van der Waals surface area (Å²) in [6, 6.07) is 16.1. The number of benzene rings is 2. The number of hydrogen-bond donors (Lipinski definition) is 1. The molecule has 4 nitrogen and oxygen atoms in total. The molecule has 0 aliphatic carbocycles. The van der Waals surface area contributed by atoms with Gasteiger partial charge in [0.2, 0.25) is 0 Å². The average Bonchev–Trinajstić information content (AvgIpc) is 3.19. The van der Waals surface area contributed by atoms with Crippen LogP contribution in [0.3, 0.4) is 0 Å². The van der Waals surface area contributed by atoms with E-state index in [1.807, 2.05) is 42.5 Å². The Hall–Kier alpha value is -3.14. The molecule has 0 aliphatic heterocycles. The first-order valence-electron chi connectivity index (χ1n) is 8.27. The molecule has 0 saturated heterocycles. The molecule has 4 heteroatoms. The topological polar surface area (TPSA) is 55.0 Å². The second-order valence-electron chi connectivity index (χ2n) is 5.67. The molecule has 0 bridgehead atoms. The molecule has 0 fully saturated rings. The molecular formula is C21H20N2O2. The zero-order valence-electron chi connectivity index (χ0n) is 14.1. The zero-order chi connectivity index (χ0) is 17.5. The summed E-state index contributed by atoms with van der Waals surface area (Å²) in [6.07, 6.45) is 8.31. The van der Waals surface area contributed by atoms with Crippen LogP contribution in [0.4, 0.5) is 0 Å². The van der Waals surface area contributed by atoms with E-state index in [0.717, 1.165) is 40.8 Å². The number of aromatic amines is 1. The van der Waals surface area contributed by atoms with Gasteiger partial charge in [-0.05, 0) is 41.3 Å². The van der Waals surface area contributed by atoms with Crippen molar-refractivity contribution in [3.05, 3.63) is 78.4 Å². The van der Waals surface area contributed by atoms with Gasteiger partial charge < -0.3 is 9.72 Å². The van der Waals surface area contributed by atoms with Crippen LogP contribution in [0.15, 0.2) is 67.1 Å². The fourth-order valence-electron chi connectivity index (χ4n) is 2.66. The van der Waals surface area contributed by atoms with E-state index in [-0.39, 0.29) is 6.10 Å². The summed E-state index contributed by atoms with van der Waals surface area (Å²) < 4.78 is 6.13. The monoisotopic (exact) mass is 332 g/mol. The molecule has 1 N–H and O–H groups in total. The minimum Gasteiger partial charge on any atom is -0.484 e. The molecule has 1 heterocycles. The van der Waals surface area contributed by atoms with Crippen LogP contribution in [0.1, 0.15) is 30.7 Å². The maximum Gasteiger partial charge on any atom is 0.142 e. The lowest BCUT2D eigenvalue weighted by molar-refractivity contribution is -0.104. The highest BCUT2D eigenvalue weighted by atomic mass is 16.5. The third-order valence-electron chi connectivity index (χ3n) is 3.96. The minimum absolute atomic E-state index is 0.0476. The molecule has 0 radical (unpaired) electrons. The van der Waals surface area contributed by atoms with Crippen molar-refractivity contribution in [2.75, 3.05) is 0 Å². The molecule has 3 rings (SSSR count). The lowest BCUT2D eigenvalue weighted by atomic mass is 10.0. The molecule has 0 spiro atoms. The molecule has 0 aliphatic rings. The van der Waals surface area contributed by atoms with Crippen molar-refractivity contribution in [3.8, 4) is 16.9 Å². The summed E-state index contributed by atoms with van der Waals surface area (Å²) in [5.41, 5.74) is 4.15. The van der Waals surface area contributed by atoms with E-state index in [2.05, 4.69) is 23.0 Å². The van der Waals surface area contributed by atoms with Gasteiger partial charge in [0.1, 0.15) is 18.1 Å². The average molecular weight is 332 g/mol. The maximum atomic E-state index is 10.4. The molecule has 1 unspecified atom stereocenters. The Balaban J connectivity index is 1.79. The largest absolute Gasteiger partial charge is 0.484 e. The quantitative estimate of drug-likeness (QED) is 0.498. The van der Waals surface area contributed by atoms with Crippen LogP contribution in [0.5, 0.6) is 5.75 Å². The van der Waals surface area contributed by atoms with Crippen LogP contribution >= 0.6 is 0 Å². The predicted molar refractivity (Wildman–Crippen MR) is 99.2 cm³/mol. The number of imidazole rings is 1. The van der Waals surface area contributed by atoms with E-state index >= 15 is 0 Å². The van der Waals surface area contributed by atoms with Crippen LogP contribution in [0, 0.1) is 0 Å². The number of H-pyrrole nitrogens is 1. The standard InChI is InChI=1S/C21H20N2O2/c1-2-21(20-14-22-15-23-20)25-19-7-3-6-18(13-19)17-10-8-16(9-11-17)5-4-12-24/h3-15,21H,2H2,1H3,(H,22,23). The Morgan fingerprint density at radius 3 is 2.68 bits per heavy atom. The molecule has 25 heavy (non-hydrogen) atoms. The van der Waals surface area contributed by atoms with Crippen LogP contribution < -0.4 is 4.74 Å². The van der Waals surface area contributed by atoms with Gasteiger partial charge in [-0.2, -0.15) is 0 Å². The third-order valence-corrected chi connectivity index (χ3v) is 3.96. The van der Waals surface area contributed by atoms with Crippen LogP contribution in [-0.2, 0) is 4.79 Å². The van der Waals surface area contributed by atoms with E-state index in [0.29, 0.717) is 0 Å². The summed E-state index contributed by atoms with van der Waals surface area (Å²) in [5, 5.41) is 0. The van der Waals surface area contributed by atoms with Gasteiger partial charge in [-0.3, -0.25) is 4.79 Å². The summed E-state index contributed by atoms with van der Waals surface area (Å²) in [5.74, 6) is 0.823. The number of ether oxygens (including phenoxy) is 1. The molecular weight excluding hydrogens is 312 g/mol. The van der Waals surface area contributed by atoms with Crippen molar-refractivity contribution in [3.63, 3.8) is 0 Å². The van der Waals surface area contributed by atoms with E-state index in [9.17, 15) is 4.79 Å². The van der Waals surface area contributed by atoms with Gasteiger partial charge in [0.05, 0.1) is 18.2 Å². The van der Waals surface area contributed by atoms with Crippen LogP contribution in [0.2, 0.25) is 0 Å². The Labute approximate surface area is 147 Å². The molecule has 1 aromatic heterocycles. The van der Waals surface area contributed by atoms with Crippen molar-refractivity contribution in [2.24, 2.45) is 0 Å². The number of aldehydes is 1. The van der Waals surface area contributed by atoms with Crippen LogP contribution in [0.25, 0.3) is 17.2 Å². The van der Waals surface area contributed by atoms with E-state index in [1.165, 1.54) is 6.08 Å². The number of carbonyl (C=O) groups is 1. The van der Waals surface area contributed by atoms with Gasteiger partial charge in [-0.15, -0.1) is 0 Å². The highest BCUT2D eigenvalue weighted by Gasteiger charge is 2.12. The Bertz CT molecular complexity index is 837. The summed E-state index contributed by atoms with van der Waals surface area (Å²) in [4.78, 5) is 17.6. The highest BCUT2D eigenvalue weighted by molar-refractivity contribution is 5.74. The Morgan fingerprint density at radius 2 is 2.00 bits per heavy atom. The smallest absolute Gasteiger partial charge is 0.142 e. The van der Waals surface area contributed by atoms with Crippen molar-refractivity contribution < 1.29 is 9.53 Å². The van der Waals surface area contributed by atoms with Gasteiger partial charge in [0, 0.05) is 0 Å². The first-order valence-corrected chi connectivity index (χ1v) is 8.27. The number of carbonyl (C=O) groups excluding carboxylic acids is 1.